The molecule has 30 heavy (non-hydrogen) atoms. The third-order valence-corrected chi connectivity index (χ3v) is 6.13. The number of nitrogens with one attached hydrogen (secondary N) is 2. The molecule has 2 amide bonds. The molecule has 10 heteroatoms. The van der Waals surface area contributed by atoms with Crippen LogP contribution in [0, 0.1) is 0 Å². The van der Waals surface area contributed by atoms with Crippen LogP contribution in [0.25, 0.3) is 0 Å². The molecular formula is C20H23ClN4O4S. The molecular weight excluding hydrogens is 428 g/mol. The van der Waals surface area contributed by atoms with Crippen molar-refractivity contribution in [3.63, 3.8) is 0 Å². The standard InChI is InChI=1S/C20H23ClN4O4S/c21-13-3-5-14(6-4-13)29-10-19(27)23-20-16-11-30-12-17(16)24-25(20)9-18(26)22-8-15-2-1-7-28-15/h3-6,15H,1-2,7-12H2,(H,22,26)(H,23,27). The molecule has 0 bridgehead atoms. The van der Waals surface area contributed by atoms with Crippen molar-refractivity contribution in [3.8, 4) is 5.75 Å². The van der Waals surface area contributed by atoms with Crippen LogP contribution >= 0.6 is 23.4 Å². The van der Waals surface area contributed by atoms with E-state index in [-0.39, 0.29) is 31.1 Å². The van der Waals surface area contributed by atoms with Gasteiger partial charge in [0.25, 0.3) is 5.91 Å². The Morgan fingerprint density at radius 1 is 1.27 bits per heavy atom. The molecule has 1 unspecified atom stereocenters. The van der Waals surface area contributed by atoms with Gasteiger partial charge >= 0.3 is 0 Å². The van der Waals surface area contributed by atoms with Crippen molar-refractivity contribution in [1.29, 1.82) is 0 Å². The Morgan fingerprint density at radius 3 is 2.87 bits per heavy atom. The number of anilines is 1. The Morgan fingerprint density at radius 2 is 2.10 bits per heavy atom. The Kier molecular flexibility index (Phi) is 6.81. The van der Waals surface area contributed by atoms with Crippen LogP contribution in [0.5, 0.6) is 5.75 Å². The van der Waals surface area contributed by atoms with Crippen LogP contribution < -0.4 is 15.4 Å². The van der Waals surface area contributed by atoms with Gasteiger partial charge in [0, 0.05) is 35.2 Å². The highest BCUT2D eigenvalue weighted by atomic mass is 35.5. The van der Waals surface area contributed by atoms with Gasteiger partial charge < -0.3 is 20.1 Å². The zero-order chi connectivity index (χ0) is 20.9. The summed E-state index contributed by atoms with van der Waals surface area (Å²) in [6.07, 6.45) is 2.07. The van der Waals surface area contributed by atoms with Gasteiger partial charge in [0.05, 0.1) is 11.8 Å². The van der Waals surface area contributed by atoms with Gasteiger partial charge in [0.15, 0.2) is 6.61 Å². The lowest BCUT2D eigenvalue weighted by atomic mass is 10.2. The molecule has 1 atom stereocenters. The highest BCUT2D eigenvalue weighted by Crippen LogP contribution is 2.34. The van der Waals surface area contributed by atoms with Crippen LogP contribution in [0.15, 0.2) is 24.3 Å². The number of fused-ring (bicyclic) bond motifs is 1. The minimum absolute atomic E-state index is 0.0397. The fourth-order valence-electron chi connectivity index (χ4n) is 3.39. The third kappa shape index (κ3) is 5.27. The van der Waals surface area contributed by atoms with E-state index in [1.165, 1.54) is 0 Å². The van der Waals surface area contributed by atoms with Crippen LogP contribution in [-0.2, 0) is 32.4 Å². The number of halogens is 1. The molecule has 1 aromatic carbocycles. The number of thioether (sulfide) groups is 1. The van der Waals surface area contributed by atoms with E-state index >= 15 is 0 Å². The van der Waals surface area contributed by atoms with E-state index in [9.17, 15) is 9.59 Å². The molecule has 1 aromatic heterocycles. The van der Waals surface area contributed by atoms with Crippen molar-refractivity contribution >= 4 is 41.0 Å². The highest BCUT2D eigenvalue weighted by Gasteiger charge is 2.25. The molecule has 0 radical (unpaired) electrons. The fraction of sp³-hybridized carbons (Fsp3) is 0.450. The smallest absolute Gasteiger partial charge is 0.263 e. The van der Waals surface area contributed by atoms with Gasteiger partial charge in [-0.05, 0) is 37.1 Å². The number of ether oxygens (including phenoxy) is 2. The number of hydrogen-bond acceptors (Lipinski definition) is 6. The fourth-order valence-corrected chi connectivity index (χ4v) is 4.55. The van der Waals surface area contributed by atoms with Crippen LogP contribution in [0.4, 0.5) is 5.82 Å². The zero-order valence-electron chi connectivity index (χ0n) is 16.4. The zero-order valence-corrected chi connectivity index (χ0v) is 17.9. The molecule has 2 aromatic rings. The van der Waals surface area contributed by atoms with Crippen LogP contribution in [0.3, 0.4) is 0 Å². The van der Waals surface area contributed by atoms with E-state index in [1.54, 1.807) is 40.7 Å². The van der Waals surface area contributed by atoms with E-state index in [4.69, 9.17) is 21.1 Å². The molecule has 2 aliphatic rings. The number of nitrogens with zero attached hydrogens (tertiary/aromatic N) is 2. The molecule has 8 nitrogen and oxygen atoms in total. The van der Waals surface area contributed by atoms with Crippen molar-refractivity contribution in [2.45, 2.75) is 37.0 Å². The minimum atomic E-state index is -0.314. The second kappa shape index (κ2) is 9.72. The Hall–Kier alpha value is -2.23. The van der Waals surface area contributed by atoms with Crippen molar-refractivity contribution in [2.75, 3.05) is 25.1 Å². The molecule has 2 aliphatic heterocycles. The maximum Gasteiger partial charge on any atom is 0.263 e. The summed E-state index contributed by atoms with van der Waals surface area (Å²) in [5.41, 5.74) is 1.87. The quantitative estimate of drug-likeness (QED) is 0.642. The number of benzene rings is 1. The number of aromatic nitrogens is 2. The van der Waals surface area contributed by atoms with Crippen LogP contribution in [0.1, 0.15) is 24.1 Å². The second-order valence-electron chi connectivity index (χ2n) is 7.15. The number of rotatable bonds is 8. The molecule has 0 aliphatic carbocycles. The third-order valence-electron chi connectivity index (χ3n) is 4.90. The van der Waals surface area contributed by atoms with Gasteiger partial charge in [-0.1, -0.05) is 11.6 Å². The predicted octanol–water partition coefficient (Wildman–Crippen LogP) is 2.60. The van der Waals surface area contributed by atoms with Crippen molar-refractivity contribution in [3.05, 3.63) is 40.5 Å². The Labute approximate surface area is 183 Å². The number of amides is 2. The number of carbonyl (C=O) groups excluding carboxylic acids is 2. The average molecular weight is 451 g/mol. The summed E-state index contributed by atoms with van der Waals surface area (Å²) in [6.45, 7) is 1.13. The Bertz CT molecular complexity index is 912. The molecule has 1 saturated heterocycles. The molecule has 160 valence electrons. The van der Waals surface area contributed by atoms with Gasteiger partial charge in [-0.2, -0.15) is 16.9 Å². The van der Waals surface area contributed by atoms with Crippen LogP contribution in [-0.4, -0.2) is 47.5 Å². The normalized spacial score (nSPS) is 17.6. The summed E-state index contributed by atoms with van der Waals surface area (Å²) in [5.74, 6) is 2.16. The maximum absolute atomic E-state index is 12.5. The highest BCUT2D eigenvalue weighted by molar-refractivity contribution is 7.98. The number of carbonyl (C=O) groups is 2. The predicted molar refractivity (Wildman–Crippen MR) is 115 cm³/mol. The molecule has 2 N–H and O–H groups in total. The summed E-state index contributed by atoms with van der Waals surface area (Å²) >= 11 is 7.58. The lowest BCUT2D eigenvalue weighted by molar-refractivity contribution is -0.122. The van der Waals surface area contributed by atoms with Crippen molar-refractivity contribution in [2.24, 2.45) is 0 Å². The first-order valence-electron chi connectivity index (χ1n) is 9.81. The first-order chi connectivity index (χ1) is 14.6. The SMILES string of the molecule is O=C(Cn1nc2c(c1NC(=O)COc1ccc(Cl)cc1)CSC2)NCC1CCCO1. The molecule has 0 saturated carbocycles. The molecule has 0 spiro atoms. The molecule has 4 rings (SSSR count). The average Bonchev–Trinajstić information content (AvgIpc) is 3.46. The summed E-state index contributed by atoms with van der Waals surface area (Å²) in [7, 11) is 0. The molecule has 3 heterocycles. The van der Waals surface area contributed by atoms with E-state index in [1.807, 2.05) is 0 Å². The monoisotopic (exact) mass is 450 g/mol. The number of hydrogen-bond donors (Lipinski definition) is 2. The summed E-state index contributed by atoms with van der Waals surface area (Å²) < 4.78 is 12.6. The summed E-state index contributed by atoms with van der Waals surface area (Å²) in [4.78, 5) is 24.9. The van der Waals surface area contributed by atoms with E-state index < -0.39 is 0 Å². The second-order valence-corrected chi connectivity index (χ2v) is 8.58. The van der Waals surface area contributed by atoms with Gasteiger partial charge in [-0.3, -0.25) is 9.59 Å². The van der Waals surface area contributed by atoms with Gasteiger partial charge in [-0.15, -0.1) is 0 Å². The van der Waals surface area contributed by atoms with E-state index in [0.717, 1.165) is 42.2 Å². The van der Waals surface area contributed by atoms with Gasteiger partial charge in [0.1, 0.15) is 18.1 Å². The maximum atomic E-state index is 12.5. The van der Waals surface area contributed by atoms with Crippen LogP contribution in [0.2, 0.25) is 5.02 Å². The van der Waals surface area contributed by atoms with Gasteiger partial charge in [-0.25, -0.2) is 4.68 Å². The van der Waals surface area contributed by atoms with Gasteiger partial charge in [0.2, 0.25) is 5.91 Å². The largest absolute Gasteiger partial charge is 0.484 e. The Balaban J connectivity index is 1.36. The van der Waals surface area contributed by atoms with E-state index in [2.05, 4.69) is 15.7 Å². The summed E-state index contributed by atoms with van der Waals surface area (Å²) in [6, 6.07) is 6.80. The van der Waals surface area contributed by atoms with E-state index in [0.29, 0.717) is 23.1 Å². The summed E-state index contributed by atoms with van der Waals surface area (Å²) in [5, 5.41) is 10.9. The van der Waals surface area contributed by atoms with Crippen molar-refractivity contribution in [1.82, 2.24) is 15.1 Å². The topological polar surface area (TPSA) is 94.5 Å². The molecule has 1 fully saturated rings. The van der Waals surface area contributed by atoms with Crippen molar-refractivity contribution < 1.29 is 19.1 Å². The first-order valence-corrected chi connectivity index (χ1v) is 11.3. The lowest BCUT2D eigenvalue weighted by Gasteiger charge is -2.13. The first kappa shape index (κ1) is 21.0. The minimum Gasteiger partial charge on any atom is -0.484 e. The lowest BCUT2D eigenvalue weighted by Crippen LogP contribution is -2.35.